The van der Waals surface area contributed by atoms with E-state index in [9.17, 15) is 15.0 Å². The lowest BCUT2D eigenvalue weighted by molar-refractivity contribution is 0.132. The van der Waals surface area contributed by atoms with E-state index in [4.69, 9.17) is 4.74 Å². The van der Waals surface area contributed by atoms with Crippen molar-refractivity contribution in [2.75, 3.05) is 7.11 Å². The van der Waals surface area contributed by atoms with E-state index < -0.39 is 24.3 Å². The van der Waals surface area contributed by atoms with E-state index in [0.29, 0.717) is 0 Å². The highest BCUT2D eigenvalue weighted by atomic mass is 16.5. The van der Waals surface area contributed by atoms with Gasteiger partial charge in [0, 0.05) is 17.3 Å². The SMILES string of the molecule is COc1c(-c2ccc3c(c2)CCC3O)cc(C2C=NC(=O)NC2O)cc1C(C)(C)C. The summed E-state index contributed by atoms with van der Waals surface area (Å²) in [6.45, 7) is 6.35. The van der Waals surface area contributed by atoms with Gasteiger partial charge in [-0.3, -0.25) is 0 Å². The molecule has 158 valence electrons. The van der Waals surface area contributed by atoms with Crippen LogP contribution >= 0.6 is 0 Å². The van der Waals surface area contributed by atoms with Crippen molar-refractivity contribution in [1.29, 1.82) is 0 Å². The molecule has 0 fully saturated rings. The number of aliphatic imine (C=N–C) groups is 1. The third-order valence-electron chi connectivity index (χ3n) is 5.97. The first-order valence-corrected chi connectivity index (χ1v) is 10.3. The third-order valence-corrected chi connectivity index (χ3v) is 5.97. The van der Waals surface area contributed by atoms with E-state index in [1.807, 2.05) is 24.3 Å². The molecule has 1 heterocycles. The minimum absolute atomic E-state index is 0.205. The number of methoxy groups -OCH3 is 1. The number of rotatable bonds is 3. The molecule has 2 aromatic rings. The van der Waals surface area contributed by atoms with Gasteiger partial charge in [-0.25, -0.2) is 9.79 Å². The lowest BCUT2D eigenvalue weighted by Crippen LogP contribution is -2.42. The van der Waals surface area contributed by atoms with Gasteiger partial charge in [-0.15, -0.1) is 0 Å². The minimum Gasteiger partial charge on any atom is -0.496 e. The molecule has 0 bridgehead atoms. The molecule has 2 amide bonds. The van der Waals surface area contributed by atoms with Crippen LogP contribution < -0.4 is 10.1 Å². The van der Waals surface area contributed by atoms with E-state index in [0.717, 1.165) is 52.0 Å². The molecule has 3 unspecified atom stereocenters. The van der Waals surface area contributed by atoms with Crippen LogP contribution in [0.5, 0.6) is 5.75 Å². The van der Waals surface area contributed by atoms with Crippen LogP contribution in [-0.4, -0.2) is 35.8 Å². The number of nitrogens with zero attached hydrogens (tertiary/aromatic N) is 1. The number of hydrogen-bond acceptors (Lipinski definition) is 4. The quantitative estimate of drug-likeness (QED) is 0.720. The van der Waals surface area contributed by atoms with E-state index in [1.54, 1.807) is 7.11 Å². The Kier molecular flexibility index (Phi) is 5.16. The fraction of sp³-hybridized carbons (Fsp3) is 0.417. The van der Waals surface area contributed by atoms with Crippen molar-refractivity contribution in [2.45, 2.75) is 57.3 Å². The number of amides is 2. The van der Waals surface area contributed by atoms with Gasteiger partial charge in [-0.1, -0.05) is 45.0 Å². The van der Waals surface area contributed by atoms with Gasteiger partial charge < -0.3 is 20.3 Å². The zero-order valence-corrected chi connectivity index (χ0v) is 17.8. The predicted octanol–water partition coefficient (Wildman–Crippen LogP) is 3.84. The molecule has 3 atom stereocenters. The van der Waals surface area contributed by atoms with E-state index >= 15 is 0 Å². The summed E-state index contributed by atoms with van der Waals surface area (Å²) < 4.78 is 5.87. The molecule has 0 saturated carbocycles. The summed E-state index contributed by atoms with van der Waals surface area (Å²) in [5, 5.41) is 23.1. The standard InChI is InChI=1S/C24H28N2O4/c1-24(2,3)19-11-15(18-12-25-23(29)26-22(18)28)10-17(21(19)30-4)14-5-7-16-13(9-14)6-8-20(16)27/h5,7,9-12,18,20,22,27-28H,6,8H2,1-4H3,(H,26,29). The Morgan fingerprint density at radius 1 is 1.17 bits per heavy atom. The molecular weight excluding hydrogens is 380 g/mol. The van der Waals surface area contributed by atoms with Gasteiger partial charge in [-0.2, -0.15) is 0 Å². The summed E-state index contributed by atoms with van der Waals surface area (Å²) in [5.74, 6) is 0.334. The number of carbonyl (C=O) groups excluding carboxylic acids is 1. The Hall–Kier alpha value is -2.70. The van der Waals surface area contributed by atoms with Crippen LogP contribution in [-0.2, 0) is 11.8 Å². The maximum absolute atomic E-state index is 11.5. The number of ether oxygens (including phenoxy) is 1. The highest BCUT2D eigenvalue weighted by Crippen LogP contribution is 2.43. The van der Waals surface area contributed by atoms with Crippen molar-refractivity contribution in [1.82, 2.24) is 5.32 Å². The Morgan fingerprint density at radius 3 is 2.60 bits per heavy atom. The number of aliphatic hydroxyl groups is 2. The largest absolute Gasteiger partial charge is 0.496 e. The second-order valence-electron chi connectivity index (χ2n) is 9.07. The van der Waals surface area contributed by atoms with Gasteiger partial charge in [0.05, 0.1) is 19.1 Å². The van der Waals surface area contributed by atoms with Gasteiger partial charge in [0.1, 0.15) is 12.0 Å². The summed E-state index contributed by atoms with van der Waals surface area (Å²) in [6.07, 6.45) is 1.65. The zero-order chi connectivity index (χ0) is 21.6. The normalized spacial score (nSPS) is 23.3. The van der Waals surface area contributed by atoms with Crippen LogP contribution in [0.1, 0.15) is 61.5 Å². The van der Waals surface area contributed by atoms with Crippen molar-refractivity contribution in [3.63, 3.8) is 0 Å². The minimum atomic E-state index is -1.04. The lowest BCUT2D eigenvalue weighted by Gasteiger charge is -2.29. The molecule has 0 saturated heterocycles. The van der Waals surface area contributed by atoms with Gasteiger partial charge in [0.15, 0.2) is 0 Å². The molecule has 1 aliphatic carbocycles. The Morgan fingerprint density at radius 2 is 1.93 bits per heavy atom. The summed E-state index contributed by atoms with van der Waals surface area (Å²) in [7, 11) is 1.67. The number of urea groups is 1. The van der Waals surface area contributed by atoms with Crippen LogP contribution in [0, 0.1) is 0 Å². The first kappa shape index (κ1) is 20.6. The molecule has 2 aromatic carbocycles. The predicted molar refractivity (Wildman–Crippen MR) is 116 cm³/mol. The second kappa shape index (κ2) is 7.52. The number of aryl methyl sites for hydroxylation is 1. The summed E-state index contributed by atoms with van der Waals surface area (Å²) in [4.78, 5) is 15.3. The topological polar surface area (TPSA) is 91.2 Å². The summed E-state index contributed by atoms with van der Waals surface area (Å²) in [5.41, 5.74) is 5.71. The van der Waals surface area contributed by atoms with Crippen LogP contribution in [0.3, 0.4) is 0 Å². The van der Waals surface area contributed by atoms with Crippen molar-refractivity contribution < 1.29 is 19.7 Å². The first-order chi connectivity index (χ1) is 14.2. The van der Waals surface area contributed by atoms with Crippen LogP contribution in [0.15, 0.2) is 35.3 Å². The van der Waals surface area contributed by atoms with Crippen molar-refractivity contribution in [2.24, 2.45) is 4.99 Å². The van der Waals surface area contributed by atoms with Crippen LogP contribution in [0.2, 0.25) is 0 Å². The maximum atomic E-state index is 11.5. The monoisotopic (exact) mass is 408 g/mol. The zero-order valence-electron chi connectivity index (χ0n) is 17.8. The number of benzene rings is 2. The molecule has 6 nitrogen and oxygen atoms in total. The second-order valence-corrected chi connectivity index (χ2v) is 9.07. The molecule has 0 spiro atoms. The number of carbonyl (C=O) groups is 1. The molecule has 0 radical (unpaired) electrons. The molecule has 30 heavy (non-hydrogen) atoms. The average Bonchev–Trinajstić information content (AvgIpc) is 3.06. The fourth-order valence-electron chi connectivity index (χ4n) is 4.35. The molecule has 6 heteroatoms. The molecule has 0 aromatic heterocycles. The van der Waals surface area contributed by atoms with Crippen molar-refractivity contribution >= 4 is 12.2 Å². The highest BCUT2D eigenvalue weighted by Gasteiger charge is 2.30. The fourth-order valence-corrected chi connectivity index (χ4v) is 4.35. The van der Waals surface area contributed by atoms with Crippen molar-refractivity contribution in [3.8, 4) is 16.9 Å². The Balaban J connectivity index is 1.91. The van der Waals surface area contributed by atoms with E-state index in [1.165, 1.54) is 6.21 Å². The lowest BCUT2D eigenvalue weighted by atomic mass is 9.80. The van der Waals surface area contributed by atoms with Crippen molar-refractivity contribution in [3.05, 3.63) is 52.6 Å². The van der Waals surface area contributed by atoms with Gasteiger partial charge in [-0.05, 0) is 46.6 Å². The van der Waals surface area contributed by atoms with Gasteiger partial charge in [0.2, 0.25) is 0 Å². The average molecular weight is 408 g/mol. The van der Waals surface area contributed by atoms with Crippen LogP contribution in [0.25, 0.3) is 11.1 Å². The number of fused-ring (bicyclic) bond motifs is 1. The molecule has 2 aliphatic rings. The first-order valence-electron chi connectivity index (χ1n) is 10.3. The maximum Gasteiger partial charge on any atom is 0.342 e. The third kappa shape index (κ3) is 3.61. The summed E-state index contributed by atoms with van der Waals surface area (Å²) in [6, 6.07) is 9.60. The molecule has 1 aliphatic heterocycles. The molecule has 3 N–H and O–H groups in total. The molecular formula is C24H28N2O4. The molecule has 4 rings (SSSR count). The number of aliphatic hydroxyl groups excluding tert-OH is 2. The number of hydrogen-bond donors (Lipinski definition) is 3. The smallest absolute Gasteiger partial charge is 0.342 e. The van der Waals surface area contributed by atoms with E-state index in [-0.39, 0.29) is 5.41 Å². The van der Waals surface area contributed by atoms with E-state index in [2.05, 4.69) is 37.1 Å². The summed E-state index contributed by atoms with van der Waals surface area (Å²) >= 11 is 0. The van der Waals surface area contributed by atoms with Crippen LogP contribution in [0.4, 0.5) is 4.79 Å². The Labute approximate surface area is 176 Å². The van der Waals surface area contributed by atoms with Gasteiger partial charge in [0.25, 0.3) is 0 Å². The number of nitrogens with one attached hydrogen (secondary N) is 1. The Bertz CT molecular complexity index is 1020. The van der Waals surface area contributed by atoms with Gasteiger partial charge >= 0.3 is 6.03 Å². The highest BCUT2D eigenvalue weighted by molar-refractivity contribution is 5.90.